The van der Waals surface area contributed by atoms with Gasteiger partial charge in [-0.15, -0.1) is 0 Å². The molecular formula is C18H20BrNO. The summed E-state index contributed by atoms with van der Waals surface area (Å²) in [6.07, 6.45) is 2.31. The van der Waals surface area contributed by atoms with Crippen LogP contribution in [0.1, 0.15) is 36.9 Å². The number of rotatable bonds is 5. The Morgan fingerprint density at radius 2 is 1.90 bits per heavy atom. The van der Waals surface area contributed by atoms with Crippen molar-refractivity contribution in [3.8, 4) is 5.75 Å². The molecule has 0 spiro atoms. The first-order chi connectivity index (χ1) is 10.2. The van der Waals surface area contributed by atoms with E-state index in [4.69, 9.17) is 10.5 Å². The fourth-order valence-corrected chi connectivity index (χ4v) is 3.50. The number of hydrogen-bond donors (Lipinski definition) is 1. The van der Waals surface area contributed by atoms with Crippen LogP contribution >= 0.6 is 15.9 Å². The molecule has 21 heavy (non-hydrogen) atoms. The van der Waals surface area contributed by atoms with Gasteiger partial charge in [-0.3, -0.25) is 0 Å². The lowest BCUT2D eigenvalue weighted by Gasteiger charge is -2.25. The van der Waals surface area contributed by atoms with E-state index in [1.54, 1.807) is 0 Å². The van der Waals surface area contributed by atoms with Crippen LogP contribution in [0.25, 0.3) is 0 Å². The van der Waals surface area contributed by atoms with Gasteiger partial charge < -0.3 is 10.5 Å². The van der Waals surface area contributed by atoms with Crippen LogP contribution in [0.3, 0.4) is 0 Å². The fourth-order valence-electron chi connectivity index (χ4n) is 2.99. The Labute approximate surface area is 134 Å². The van der Waals surface area contributed by atoms with Gasteiger partial charge in [-0.25, -0.2) is 0 Å². The number of halogens is 1. The summed E-state index contributed by atoms with van der Waals surface area (Å²) in [6, 6.07) is 16.8. The maximum Gasteiger partial charge on any atom is 0.133 e. The number of nitrogens with two attached hydrogens (primary N) is 1. The number of hydrogen-bond acceptors (Lipinski definition) is 2. The van der Waals surface area contributed by atoms with Crippen LogP contribution in [0.2, 0.25) is 0 Å². The van der Waals surface area contributed by atoms with Crippen LogP contribution in [0.5, 0.6) is 5.75 Å². The predicted molar refractivity (Wildman–Crippen MR) is 89.6 cm³/mol. The average molecular weight is 346 g/mol. The zero-order chi connectivity index (χ0) is 14.9. The molecule has 2 aromatic rings. The molecule has 1 fully saturated rings. The Morgan fingerprint density at radius 3 is 2.48 bits per heavy atom. The van der Waals surface area contributed by atoms with Gasteiger partial charge in [-0.1, -0.05) is 36.4 Å². The van der Waals surface area contributed by atoms with E-state index in [1.807, 2.05) is 13.0 Å². The molecule has 3 heteroatoms. The van der Waals surface area contributed by atoms with Crippen molar-refractivity contribution >= 4 is 15.9 Å². The van der Waals surface area contributed by atoms with Crippen LogP contribution in [0, 0.1) is 0 Å². The Morgan fingerprint density at radius 1 is 1.19 bits per heavy atom. The summed E-state index contributed by atoms with van der Waals surface area (Å²) in [6.45, 7) is 2.65. The molecule has 1 aliphatic rings. The molecule has 0 amide bonds. The topological polar surface area (TPSA) is 35.2 Å². The summed E-state index contributed by atoms with van der Waals surface area (Å²) in [5.41, 5.74) is 9.21. The van der Waals surface area contributed by atoms with Gasteiger partial charge in [0.05, 0.1) is 11.1 Å². The SMILES string of the molecule is CCOc1ccc(C(N)C2(c3ccccc3)CC2)cc1Br. The van der Waals surface area contributed by atoms with Crippen LogP contribution in [-0.2, 0) is 5.41 Å². The molecule has 1 unspecified atom stereocenters. The van der Waals surface area contributed by atoms with Gasteiger partial charge in [0.15, 0.2) is 0 Å². The highest BCUT2D eigenvalue weighted by Crippen LogP contribution is 2.55. The molecular weight excluding hydrogens is 326 g/mol. The zero-order valence-corrected chi connectivity index (χ0v) is 13.8. The van der Waals surface area contributed by atoms with Gasteiger partial charge in [-0.2, -0.15) is 0 Å². The third kappa shape index (κ3) is 2.72. The first-order valence-electron chi connectivity index (χ1n) is 7.41. The van der Waals surface area contributed by atoms with Crippen molar-refractivity contribution in [1.82, 2.24) is 0 Å². The van der Waals surface area contributed by atoms with E-state index in [-0.39, 0.29) is 11.5 Å². The van der Waals surface area contributed by atoms with E-state index >= 15 is 0 Å². The highest BCUT2D eigenvalue weighted by molar-refractivity contribution is 9.10. The quantitative estimate of drug-likeness (QED) is 0.860. The average Bonchev–Trinajstić information content (AvgIpc) is 3.31. The molecule has 1 aliphatic carbocycles. The molecule has 2 aromatic carbocycles. The Balaban J connectivity index is 1.89. The first-order valence-corrected chi connectivity index (χ1v) is 8.20. The minimum atomic E-state index is 0.0203. The zero-order valence-electron chi connectivity index (χ0n) is 12.2. The monoisotopic (exact) mass is 345 g/mol. The van der Waals surface area contributed by atoms with Crippen molar-refractivity contribution in [1.29, 1.82) is 0 Å². The second kappa shape index (κ2) is 5.82. The molecule has 110 valence electrons. The summed E-state index contributed by atoms with van der Waals surface area (Å²) in [7, 11) is 0. The third-order valence-electron chi connectivity index (χ3n) is 4.35. The standard InChI is InChI=1S/C18H20BrNO/c1-2-21-16-9-8-13(12-15(16)19)17(20)18(10-11-18)14-6-4-3-5-7-14/h3-9,12,17H,2,10-11,20H2,1H3. The minimum Gasteiger partial charge on any atom is -0.493 e. The molecule has 1 atom stereocenters. The summed E-state index contributed by atoms with van der Waals surface area (Å²) in [5, 5.41) is 0. The van der Waals surface area contributed by atoms with Crippen LogP contribution in [0.15, 0.2) is 53.0 Å². The van der Waals surface area contributed by atoms with E-state index in [0.717, 1.165) is 28.6 Å². The minimum absolute atomic E-state index is 0.0203. The second-order valence-electron chi connectivity index (χ2n) is 5.62. The second-order valence-corrected chi connectivity index (χ2v) is 6.48. The van der Waals surface area contributed by atoms with Gasteiger partial charge in [0.25, 0.3) is 0 Å². The van der Waals surface area contributed by atoms with E-state index in [9.17, 15) is 0 Å². The van der Waals surface area contributed by atoms with Crippen molar-refractivity contribution in [2.45, 2.75) is 31.2 Å². The van der Waals surface area contributed by atoms with Gasteiger partial charge >= 0.3 is 0 Å². The summed E-state index contributed by atoms with van der Waals surface area (Å²) < 4.78 is 6.54. The molecule has 0 aromatic heterocycles. The maximum atomic E-state index is 6.60. The van der Waals surface area contributed by atoms with E-state index < -0.39 is 0 Å². The largest absolute Gasteiger partial charge is 0.493 e. The van der Waals surface area contributed by atoms with Crippen molar-refractivity contribution in [2.75, 3.05) is 6.61 Å². The fraction of sp³-hybridized carbons (Fsp3) is 0.333. The Bertz CT molecular complexity index is 622. The van der Waals surface area contributed by atoms with Gasteiger partial charge in [-0.05, 0) is 59.0 Å². The summed E-state index contributed by atoms with van der Waals surface area (Å²) >= 11 is 3.58. The summed E-state index contributed by atoms with van der Waals surface area (Å²) in [5.74, 6) is 0.873. The Kier molecular flexibility index (Phi) is 4.05. The molecule has 3 rings (SSSR count). The third-order valence-corrected chi connectivity index (χ3v) is 4.97. The Hall–Kier alpha value is -1.32. The lowest BCUT2D eigenvalue weighted by atomic mass is 9.84. The molecule has 0 aliphatic heterocycles. The normalized spacial score (nSPS) is 17.3. The van der Waals surface area contributed by atoms with Crippen LogP contribution < -0.4 is 10.5 Å². The molecule has 0 radical (unpaired) electrons. The van der Waals surface area contributed by atoms with Gasteiger partial charge in [0.2, 0.25) is 0 Å². The molecule has 1 saturated carbocycles. The molecule has 2 nitrogen and oxygen atoms in total. The highest BCUT2D eigenvalue weighted by Gasteiger charge is 2.49. The highest BCUT2D eigenvalue weighted by atomic mass is 79.9. The smallest absolute Gasteiger partial charge is 0.133 e. The summed E-state index contributed by atoms with van der Waals surface area (Å²) in [4.78, 5) is 0. The van der Waals surface area contributed by atoms with Crippen molar-refractivity contribution < 1.29 is 4.74 Å². The number of benzene rings is 2. The maximum absolute atomic E-state index is 6.60. The molecule has 0 heterocycles. The van der Waals surface area contributed by atoms with Gasteiger partial charge in [0, 0.05) is 11.5 Å². The van der Waals surface area contributed by atoms with E-state index in [2.05, 4.69) is 58.4 Å². The first kappa shape index (κ1) is 14.6. The lowest BCUT2D eigenvalue weighted by molar-refractivity contribution is 0.338. The molecule has 2 N–H and O–H groups in total. The number of ether oxygens (including phenoxy) is 1. The molecule has 0 bridgehead atoms. The van der Waals surface area contributed by atoms with E-state index in [0.29, 0.717) is 6.61 Å². The van der Waals surface area contributed by atoms with Crippen molar-refractivity contribution in [2.24, 2.45) is 5.73 Å². The van der Waals surface area contributed by atoms with Crippen molar-refractivity contribution in [3.05, 3.63) is 64.1 Å². The van der Waals surface area contributed by atoms with Crippen LogP contribution in [0.4, 0.5) is 0 Å². The molecule has 0 saturated heterocycles. The van der Waals surface area contributed by atoms with E-state index in [1.165, 1.54) is 5.56 Å². The lowest BCUT2D eigenvalue weighted by Crippen LogP contribution is -2.26. The predicted octanol–water partition coefficient (Wildman–Crippen LogP) is 4.58. The van der Waals surface area contributed by atoms with Crippen LogP contribution in [-0.4, -0.2) is 6.61 Å². The van der Waals surface area contributed by atoms with Crippen molar-refractivity contribution in [3.63, 3.8) is 0 Å². The van der Waals surface area contributed by atoms with Gasteiger partial charge in [0.1, 0.15) is 5.75 Å².